The van der Waals surface area contributed by atoms with Gasteiger partial charge in [-0.3, -0.25) is 0 Å². The van der Waals surface area contributed by atoms with E-state index in [2.05, 4.69) is 49.0 Å². The van der Waals surface area contributed by atoms with E-state index in [9.17, 15) is 0 Å². The van der Waals surface area contributed by atoms with Gasteiger partial charge in [-0.1, -0.05) is 26.8 Å². The maximum Gasteiger partial charge on any atom is 0.133 e. The third kappa shape index (κ3) is 4.42. The highest BCUT2D eigenvalue weighted by Gasteiger charge is 2.24. The third-order valence-corrected chi connectivity index (χ3v) is 4.21. The number of nitrogens with one attached hydrogen (secondary N) is 1. The molecule has 0 bridgehead atoms. The molecule has 1 aromatic heterocycles. The van der Waals surface area contributed by atoms with E-state index >= 15 is 0 Å². The summed E-state index contributed by atoms with van der Waals surface area (Å²) in [4.78, 5) is 9.69. The van der Waals surface area contributed by atoms with Crippen molar-refractivity contribution in [2.24, 2.45) is 0 Å². The van der Waals surface area contributed by atoms with E-state index in [-0.39, 0.29) is 0 Å². The molecule has 2 heterocycles. The highest BCUT2D eigenvalue weighted by atomic mass is 15.3. The Balaban J connectivity index is 2.21. The van der Waals surface area contributed by atoms with Crippen molar-refractivity contribution in [3.8, 4) is 0 Å². The maximum atomic E-state index is 4.71. The molecule has 1 aliphatic rings. The molecule has 1 saturated heterocycles. The van der Waals surface area contributed by atoms with Crippen LogP contribution in [0.3, 0.4) is 0 Å². The van der Waals surface area contributed by atoms with Gasteiger partial charge in [0.25, 0.3) is 0 Å². The molecule has 0 aliphatic carbocycles. The summed E-state index contributed by atoms with van der Waals surface area (Å²) in [7, 11) is 2.23. The Bertz CT molecular complexity index is 433. The van der Waals surface area contributed by atoms with Crippen LogP contribution in [0.5, 0.6) is 0 Å². The van der Waals surface area contributed by atoms with Gasteiger partial charge in [0.2, 0.25) is 0 Å². The van der Waals surface area contributed by atoms with Crippen molar-refractivity contribution in [2.75, 3.05) is 31.6 Å². The van der Waals surface area contributed by atoms with Crippen molar-refractivity contribution >= 4 is 5.82 Å². The lowest BCUT2D eigenvalue weighted by Gasteiger charge is -2.32. The van der Waals surface area contributed by atoms with E-state index in [1.54, 1.807) is 0 Å². The molecule has 4 heteroatoms. The molecule has 0 aromatic carbocycles. The van der Waals surface area contributed by atoms with Crippen LogP contribution in [0.25, 0.3) is 0 Å². The highest BCUT2D eigenvalue weighted by Crippen LogP contribution is 2.23. The fourth-order valence-corrected chi connectivity index (χ4v) is 3.01. The number of nitrogens with zero attached hydrogens (tertiary/aromatic N) is 3. The molecule has 1 N–H and O–H groups in total. The highest BCUT2D eigenvalue weighted by molar-refractivity contribution is 5.48. The largest absolute Gasteiger partial charge is 0.352 e. The molecule has 1 unspecified atom stereocenters. The molecular weight excluding hydrogens is 260 g/mol. The van der Waals surface area contributed by atoms with Gasteiger partial charge < -0.3 is 15.1 Å². The normalized spacial score (nSPS) is 20.8. The van der Waals surface area contributed by atoms with Gasteiger partial charge in [0.05, 0.1) is 0 Å². The van der Waals surface area contributed by atoms with Gasteiger partial charge in [-0.15, -0.1) is 0 Å². The van der Waals surface area contributed by atoms with E-state index in [4.69, 9.17) is 4.98 Å². The second kappa shape index (κ2) is 7.76. The number of hydrogen-bond donors (Lipinski definition) is 1. The van der Waals surface area contributed by atoms with Gasteiger partial charge in [0, 0.05) is 43.5 Å². The van der Waals surface area contributed by atoms with Crippen LogP contribution >= 0.6 is 0 Å². The van der Waals surface area contributed by atoms with Gasteiger partial charge in [-0.05, 0) is 32.5 Å². The summed E-state index contributed by atoms with van der Waals surface area (Å²) in [6.45, 7) is 11.0. The fourth-order valence-electron chi connectivity index (χ4n) is 3.01. The fraction of sp³-hybridized carbons (Fsp3) is 0.706. The Kier molecular flexibility index (Phi) is 6.00. The molecule has 21 heavy (non-hydrogen) atoms. The Labute approximate surface area is 129 Å². The van der Waals surface area contributed by atoms with Crippen LogP contribution in [0.1, 0.15) is 39.2 Å². The van der Waals surface area contributed by atoms with E-state index in [1.165, 1.54) is 24.3 Å². The molecule has 118 valence electrons. The van der Waals surface area contributed by atoms with E-state index in [0.717, 1.165) is 26.1 Å². The SMILES string of the molecule is CCC1CN(C)CCCN1c1ncccc1CNC(C)C. The van der Waals surface area contributed by atoms with Crippen molar-refractivity contribution in [1.82, 2.24) is 15.2 Å². The Hall–Kier alpha value is -1.13. The molecule has 1 fully saturated rings. The first-order valence-corrected chi connectivity index (χ1v) is 8.24. The summed E-state index contributed by atoms with van der Waals surface area (Å²) in [6, 6.07) is 5.31. The lowest BCUT2D eigenvalue weighted by atomic mass is 10.1. The van der Waals surface area contributed by atoms with Crippen LogP contribution in [0.4, 0.5) is 5.82 Å². The number of hydrogen-bond acceptors (Lipinski definition) is 4. The van der Waals surface area contributed by atoms with Crippen molar-refractivity contribution < 1.29 is 0 Å². The molecule has 0 amide bonds. The van der Waals surface area contributed by atoms with Gasteiger partial charge in [0.15, 0.2) is 0 Å². The second-order valence-electron chi connectivity index (χ2n) is 6.39. The summed E-state index contributed by atoms with van der Waals surface area (Å²) in [5.41, 5.74) is 1.31. The van der Waals surface area contributed by atoms with Crippen LogP contribution in [-0.2, 0) is 6.54 Å². The topological polar surface area (TPSA) is 31.4 Å². The number of anilines is 1. The quantitative estimate of drug-likeness (QED) is 0.903. The molecule has 1 atom stereocenters. The average molecular weight is 290 g/mol. The maximum absolute atomic E-state index is 4.71. The van der Waals surface area contributed by atoms with Crippen molar-refractivity contribution in [1.29, 1.82) is 0 Å². The zero-order valence-corrected chi connectivity index (χ0v) is 14.0. The zero-order valence-electron chi connectivity index (χ0n) is 14.0. The molecule has 2 rings (SSSR count). The lowest BCUT2D eigenvalue weighted by Crippen LogP contribution is -2.41. The minimum absolute atomic E-state index is 0.496. The summed E-state index contributed by atoms with van der Waals surface area (Å²) in [5.74, 6) is 1.17. The number of aromatic nitrogens is 1. The van der Waals surface area contributed by atoms with Crippen LogP contribution < -0.4 is 10.2 Å². The Morgan fingerprint density at radius 2 is 2.19 bits per heavy atom. The monoisotopic (exact) mass is 290 g/mol. The summed E-state index contributed by atoms with van der Waals surface area (Å²) < 4.78 is 0. The van der Waals surface area contributed by atoms with Crippen molar-refractivity contribution in [3.63, 3.8) is 0 Å². The molecule has 0 radical (unpaired) electrons. The first-order valence-electron chi connectivity index (χ1n) is 8.24. The number of rotatable bonds is 5. The van der Waals surface area contributed by atoms with E-state index in [0.29, 0.717) is 12.1 Å². The van der Waals surface area contributed by atoms with Gasteiger partial charge >= 0.3 is 0 Å². The van der Waals surface area contributed by atoms with E-state index < -0.39 is 0 Å². The second-order valence-corrected chi connectivity index (χ2v) is 6.39. The molecule has 0 saturated carbocycles. The summed E-state index contributed by atoms with van der Waals surface area (Å²) >= 11 is 0. The third-order valence-electron chi connectivity index (χ3n) is 4.21. The van der Waals surface area contributed by atoms with Crippen LogP contribution in [0, 0.1) is 0 Å². The molecule has 0 spiro atoms. The number of pyridine rings is 1. The molecule has 1 aliphatic heterocycles. The minimum Gasteiger partial charge on any atom is -0.352 e. The Morgan fingerprint density at radius 1 is 1.38 bits per heavy atom. The minimum atomic E-state index is 0.496. The molecule has 1 aromatic rings. The predicted octanol–water partition coefficient (Wildman–Crippen LogP) is 2.50. The first-order chi connectivity index (χ1) is 10.1. The molecular formula is C17H30N4. The summed E-state index contributed by atoms with van der Waals surface area (Å²) in [5, 5.41) is 3.52. The predicted molar refractivity (Wildman–Crippen MR) is 89.8 cm³/mol. The van der Waals surface area contributed by atoms with Gasteiger partial charge in [0.1, 0.15) is 5.82 Å². The Morgan fingerprint density at radius 3 is 2.90 bits per heavy atom. The van der Waals surface area contributed by atoms with Gasteiger partial charge in [-0.2, -0.15) is 0 Å². The van der Waals surface area contributed by atoms with Crippen molar-refractivity contribution in [2.45, 2.75) is 52.2 Å². The van der Waals surface area contributed by atoms with Crippen molar-refractivity contribution in [3.05, 3.63) is 23.9 Å². The van der Waals surface area contributed by atoms with Crippen LogP contribution in [-0.4, -0.2) is 48.6 Å². The smallest absolute Gasteiger partial charge is 0.133 e. The molecule has 4 nitrogen and oxygen atoms in total. The van der Waals surface area contributed by atoms with Gasteiger partial charge in [-0.25, -0.2) is 4.98 Å². The summed E-state index contributed by atoms with van der Waals surface area (Å²) in [6.07, 6.45) is 4.30. The lowest BCUT2D eigenvalue weighted by molar-refractivity contribution is 0.327. The zero-order chi connectivity index (χ0) is 15.2. The average Bonchev–Trinajstić information content (AvgIpc) is 2.66. The first kappa shape index (κ1) is 16.2. The van der Waals surface area contributed by atoms with E-state index in [1.807, 2.05) is 12.3 Å². The van der Waals surface area contributed by atoms with Crippen LogP contribution in [0.2, 0.25) is 0 Å². The van der Waals surface area contributed by atoms with Crippen LogP contribution in [0.15, 0.2) is 18.3 Å². The standard InChI is InChI=1S/C17H30N4/c1-5-16-13-20(4)10-7-11-21(16)17-15(8-6-9-18-17)12-19-14(2)3/h6,8-9,14,16,19H,5,7,10-13H2,1-4H3. The number of likely N-dealkylation sites (N-methyl/N-ethyl adjacent to an activating group) is 1.